The zero-order chi connectivity index (χ0) is 18.5. The molecule has 1 fully saturated rings. The van der Waals surface area contributed by atoms with Crippen LogP contribution in [0.15, 0.2) is 42.9 Å². The van der Waals surface area contributed by atoms with Gasteiger partial charge in [-0.1, -0.05) is 30.3 Å². The number of nitrogens with zero attached hydrogens (tertiary/aromatic N) is 6. The third-order valence-electron chi connectivity index (χ3n) is 5.12. The molecule has 0 radical (unpaired) electrons. The molecule has 8 nitrogen and oxygen atoms in total. The monoisotopic (exact) mass is 365 g/mol. The van der Waals surface area contributed by atoms with Gasteiger partial charge in [0.15, 0.2) is 0 Å². The fourth-order valence-electron chi connectivity index (χ4n) is 3.72. The summed E-state index contributed by atoms with van der Waals surface area (Å²) in [4.78, 5) is 14.6. The van der Waals surface area contributed by atoms with Crippen LogP contribution < -0.4 is 0 Å². The highest BCUT2D eigenvalue weighted by Gasteiger charge is 2.27. The van der Waals surface area contributed by atoms with E-state index in [4.69, 9.17) is 0 Å². The van der Waals surface area contributed by atoms with Gasteiger partial charge in [-0.25, -0.2) is 4.68 Å². The number of hydrogen-bond donors (Lipinski definition) is 1. The van der Waals surface area contributed by atoms with Gasteiger partial charge in [0.2, 0.25) is 5.91 Å². The number of aryl methyl sites for hydroxylation is 1. The van der Waals surface area contributed by atoms with Gasteiger partial charge >= 0.3 is 0 Å². The first kappa shape index (κ1) is 17.4. The second kappa shape index (κ2) is 8.11. The molecule has 1 aliphatic rings. The maximum Gasteiger partial charge on any atom is 0.224 e. The third-order valence-corrected chi connectivity index (χ3v) is 5.12. The molecule has 1 aliphatic heterocycles. The summed E-state index contributed by atoms with van der Waals surface area (Å²) in [6, 6.07) is 10.4. The molecule has 1 aromatic carbocycles. The first-order chi connectivity index (χ1) is 13.3. The summed E-state index contributed by atoms with van der Waals surface area (Å²) in [6.45, 7) is 2.06. The van der Waals surface area contributed by atoms with Crippen LogP contribution in [0.3, 0.4) is 0 Å². The van der Waals surface area contributed by atoms with Crippen molar-refractivity contribution in [1.82, 2.24) is 35.3 Å². The Labute approximate surface area is 157 Å². The molecule has 0 saturated carbocycles. The number of benzene rings is 1. The molecule has 4 rings (SSSR count). The van der Waals surface area contributed by atoms with Crippen molar-refractivity contribution in [2.24, 2.45) is 0 Å². The molecule has 1 unspecified atom stereocenters. The van der Waals surface area contributed by atoms with E-state index < -0.39 is 0 Å². The first-order valence-corrected chi connectivity index (χ1v) is 9.34. The van der Waals surface area contributed by atoms with Gasteiger partial charge in [-0.2, -0.15) is 5.10 Å². The minimum absolute atomic E-state index is 0.152. The van der Waals surface area contributed by atoms with Crippen molar-refractivity contribution in [3.63, 3.8) is 0 Å². The number of carbonyl (C=O) groups is 1. The third kappa shape index (κ3) is 4.21. The molecular weight excluding hydrogens is 342 g/mol. The van der Waals surface area contributed by atoms with Crippen molar-refractivity contribution < 1.29 is 4.79 Å². The van der Waals surface area contributed by atoms with Gasteiger partial charge in [-0.3, -0.25) is 9.89 Å². The van der Waals surface area contributed by atoms with Crippen LogP contribution in [0.2, 0.25) is 0 Å². The van der Waals surface area contributed by atoms with Gasteiger partial charge in [-0.15, -0.1) is 5.10 Å². The lowest BCUT2D eigenvalue weighted by Crippen LogP contribution is -2.39. The smallest absolute Gasteiger partial charge is 0.224 e. The van der Waals surface area contributed by atoms with Crippen LogP contribution in [-0.2, 0) is 17.8 Å². The SMILES string of the molecule is O=C(CCn1cnnn1)N1CCCC(c2[nH]ncc2Cc2ccccc2)C1. The Morgan fingerprint density at radius 2 is 2.15 bits per heavy atom. The summed E-state index contributed by atoms with van der Waals surface area (Å²) in [5.41, 5.74) is 3.65. The number of H-pyrrole nitrogens is 1. The van der Waals surface area contributed by atoms with Gasteiger partial charge in [0.05, 0.1) is 12.7 Å². The molecule has 0 aliphatic carbocycles. The summed E-state index contributed by atoms with van der Waals surface area (Å²) in [5.74, 6) is 0.455. The van der Waals surface area contributed by atoms with E-state index >= 15 is 0 Å². The fourth-order valence-corrected chi connectivity index (χ4v) is 3.72. The molecule has 3 heterocycles. The van der Waals surface area contributed by atoms with Crippen LogP contribution in [-0.4, -0.2) is 54.3 Å². The summed E-state index contributed by atoms with van der Waals surface area (Å²) >= 11 is 0. The van der Waals surface area contributed by atoms with Crippen LogP contribution >= 0.6 is 0 Å². The normalized spacial score (nSPS) is 17.2. The number of carbonyl (C=O) groups excluding carboxylic acids is 1. The number of rotatable bonds is 6. The van der Waals surface area contributed by atoms with Crippen LogP contribution in [0, 0.1) is 0 Å². The van der Waals surface area contributed by atoms with Crippen LogP contribution in [0.5, 0.6) is 0 Å². The number of aromatic nitrogens is 6. The lowest BCUT2D eigenvalue weighted by Gasteiger charge is -2.33. The zero-order valence-corrected chi connectivity index (χ0v) is 15.2. The number of aromatic amines is 1. The molecule has 1 amide bonds. The van der Waals surface area contributed by atoms with Crippen molar-refractivity contribution in [1.29, 1.82) is 0 Å². The number of nitrogens with one attached hydrogen (secondary N) is 1. The summed E-state index contributed by atoms with van der Waals surface area (Å²) in [7, 11) is 0. The predicted molar refractivity (Wildman–Crippen MR) is 98.8 cm³/mol. The molecule has 1 atom stereocenters. The summed E-state index contributed by atoms with van der Waals surface area (Å²) in [6.07, 6.45) is 6.80. The highest BCUT2D eigenvalue weighted by Crippen LogP contribution is 2.29. The van der Waals surface area contributed by atoms with Crippen molar-refractivity contribution in [2.45, 2.75) is 38.1 Å². The van der Waals surface area contributed by atoms with Crippen molar-refractivity contribution in [3.8, 4) is 0 Å². The Bertz CT molecular complexity index is 859. The van der Waals surface area contributed by atoms with E-state index in [0.717, 1.165) is 38.0 Å². The molecule has 0 bridgehead atoms. The Balaban J connectivity index is 1.40. The number of amides is 1. The summed E-state index contributed by atoms with van der Waals surface area (Å²) < 4.78 is 1.59. The lowest BCUT2D eigenvalue weighted by molar-refractivity contribution is -0.132. The topological polar surface area (TPSA) is 92.6 Å². The largest absolute Gasteiger partial charge is 0.342 e. The number of likely N-dealkylation sites (tertiary alicyclic amines) is 1. The average Bonchev–Trinajstić information content (AvgIpc) is 3.39. The van der Waals surface area contributed by atoms with E-state index in [1.54, 1.807) is 4.68 Å². The second-order valence-electron chi connectivity index (χ2n) is 6.97. The van der Waals surface area contributed by atoms with Gasteiger partial charge in [-0.05, 0) is 34.4 Å². The number of piperidine rings is 1. The molecule has 8 heteroatoms. The van der Waals surface area contributed by atoms with E-state index in [9.17, 15) is 4.79 Å². The van der Waals surface area contributed by atoms with Crippen LogP contribution in [0.25, 0.3) is 0 Å². The lowest BCUT2D eigenvalue weighted by atomic mass is 9.90. The van der Waals surface area contributed by atoms with Crippen LogP contribution in [0.1, 0.15) is 42.0 Å². The van der Waals surface area contributed by atoms with E-state index in [0.29, 0.717) is 18.9 Å². The average molecular weight is 365 g/mol. The maximum absolute atomic E-state index is 12.6. The summed E-state index contributed by atoms with van der Waals surface area (Å²) in [5, 5.41) is 18.5. The Kier molecular flexibility index (Phi) is 5.22. The molecule has 3 aromatic rings. The number of tetrazole rings is 1. The van der Waals surface area contributed by atoms with E-state index in [2.05, 4.69) is 50.0 Å². The van der Waals surface area contributed by atoms with Gasteiger partial charge in [0.1, 0.15) is 6.33 Å². The quantitative estimate of drug-likeness (QED) is 0.719. The molecule has 2 aromatic heterocycles. The van der Waals surface area contributed by atoms with E-state index in [1.807, 2.05) is 17.2 Å². The zero-order valence-electron chi connectivity index (χ0n) is 15.2. The predicted octanol–water partition coefficient (Wildman–Crippen LogP) is 1.78. The van der Waals surface area contributed by atoms with Crippen LogP contribution in [0.4, 0.5) is 0 Å². The highest BCUT2D eigenvalue weighted by molar-refractivity contribution is 5.76. The maximum atomic E-state index is 12.6. The molecule has 1 saturated heterocycles. The molecule has 1 N–H and O–H groups in total. The fraction of sp³-hybridized carbons (Fsp3) is 0.421. The minimum Gasteiger partial charge on any atom is -0.342 e. The first-order valence-electron chi connectivity index (χ1n) is 9.34. The Morgan fingerprint density at radius 1 is 1.26 bits per heavy atom. The van der Waals surface area contributed by atoms with Crippen molar-refractivity contribution in [2.75, 3.05) is 13.1 Å². The van der Waals surface area contributed by atoms with Gasteiger partial charge in [0.25, 0.3) is 0 Å². The highest BCUT2D eigenvalue weighted by atomic mass is 16.2. The minimum atomic E-state index is 0.152. The van der Waals surface area contributed by atoms with Gasteiger partial charge < -0.3 is 4.90 Å². The van der Waals surface area contributed by atoms with E-state index in [1.165, 1.54) is 17.5 Å². The molecule has 140 valence electrons. The van der Waals surface area contributed by atoms with Crippen molar-refractivity contribution >= 4 is 5.91 Å². The standard InChI is InChI=1S/C19H23N7O/c27-18(8-10-26-14-21-23-24-26)25-9-4-7-16(13-25)19-17(12-20-22-19)11-15-5-2-1-3-6-15/h1-3,5-6,12,14,16H,4,7-11,13H2,(H,20,22). The van der Waals surface area contributed by atoms with Gasteiger partial charge in [0, 0.05) is 37.5 Å². The van der Waals surface area contributed by atoms with Crippen molar-refractivity contribution in [3.05, 3.63) is 59.7 Å². The molecular formula is C19H23N7O. The second-order valence-corrected chi connectivity index (χ2v) is 6.97. The Hall–Kier alpha value is -3.03. The number of hydrogen-bond acceptors (Lipinski definition) is 5. The van der Waals surface area contributed by atoms with E-state index in [-0.39, 0.29) is 5.91 Å². The Morgan fingerprint density at radius 3 is 2.96 bits per heavy atom. The molecule has 0 spiro atoms. The molecule has 27 heavy (non-hydrogen) atoms.